The second kappa shape index (κ2) is 8.40. The van der Waals surface area contributed by atoms with Crippen molar-refractivity contribution in [2.45, 2.75) is 38.6 Å². The van der Waals surface area contributed by atoms with Gasteiger partial charge in [0, 0.05) is 18.5 Å². The maximum absolute atomic E-state index is 14.1. The van der Waals surface area contributed by atoms with E-state index < -0.39 is 5.82 Å². The van der Waals surface area contributed by atoms with Gasteiger partial charge in [0.1, 0.15) is 17.3 Å². The SMILES string of the molecule is CC(C)c1nc(C(=O)N[C@H]2CCCNC2)nn1-c1ccccc1F.Cl. The maximum Gasteiger partial charge on any atom is 0.291 e. The van der Waals surface area contributed by atoms with Crippen molar-refractivity contribution in [1.82, 2.24) is 25.4 Å². The molecule has 1 fully saturated rings. The average Bonchev–Trinajstić information content (AvgIpc) is 3.02. The van der Waals surface area contributed by atoms with Crippen molar-refractivity contribution in [3.63, 3.8) is 0 Å². The third-order valence-corrected chi connectivity index (χ3v) is 4.06. The fourth-order valence-corrected chi connectivity index (χ4v) is 2.82. The van der Waals surface area contributed by atoms with E-state index in [1.54, 1.807) is 18.2 Å². The molecule has 1 amide bonds. The van der Waals surface area contributed by atoms with Crippen LogP contribution in [0.15, 0.2) is 24.3 Å². The molecule has 0 spiro atoms. The molecule has 0 unspecified atom stereocenters. The van der Waals surface area contributed by atoms with Crippen molar-refractivity contribution in [2.24, 2.45) is 0 Å². The summed E-state index contributed by atoms with van der Waals surface area (Å²) in [5.74, 6) is -0.0667. The normalized spacial score (nSPS) is 17.2. The van der Waals surface area contributed by atoms with Crippen molar-refractivity contribution in [3.05, 3.63) is 41.7 Å². The van der Waals surface area contributed by atoms with Gasteiger partial charge in [-0.3, -0.25) is 4.79 Å². The van der Waals surface area contributed by atoms with Gasteiger partial charge >= 0.3 is 0 Å². The Bertz CT molecular complexity index is 728. The summed E-state index contributed by atoms with van der Waals surface area (Å²) in [6.45, 7) is 5.60. The first-order chi connectivity index (χ1) is 11.6. The average molecular weight is 368 g/mol. The number of carbonyl (C=O) groups is 1. The molecule has 2 N–H and O–H groups in total. The first-order valence-corrected chi connectivity index (χ1v) is 8.29. The number of rotatable bonds is 4. The van der Waals surface area contributed by atoms with E-state index in [1.165, 1.54) is 10.7 Å². The van der Waals surface area contributed by atoms with E-state index in [2.05, 4.69) is 20.7 Å². The number of hydrogen-bond donors (Lipinski definition) is 2. The van der Waals surface area contributed by atoms with Crippen molar-refractivity contribution in [2.75, 3.05) is 13.1 Å². The fourth-order valence-electron chi connectivity index (χ4n) is 2.82. The standard InChI is InChI=1S/C17H22FN5O.ClH/c1-11(2)16-21-15(17(24)20-12-6-5-9-19-10-12)22-23(16)14-8-4-3-7-13(14)18;/h3-4,7-8,11-12,19H,5-6,9-10H2,1-2H3,(H,20,24);1H/t12-;/m0./s1. The molecular formula is C17H23ClFN5O. The smallest absolute Gasteiger partial charge is 0.291 e. The monoisotopic (exact) mass is 367 g/mol. The van der Waals surface area contributed by atoms with Crippen LogP contribution in [0.5, 0.6) is 0 Å². The topological polar surface area (TPSA) is 71.8 Å². The van der Waals surface area contributed by atoms with Crippen LogP contribution in [-0.2, 0) is 0 Å². The summed E-state index contributed by atoms with van der Waals surface area (Å²) in [7, 11) is 0. The van der Waals surface area contributed by atoms with Gasteiger partial charge < -0.3 is 10.6 Å². The van der Waals surface area contributed by atoms with Crippen LogP contribution >= 0.6 is 12.4 Å². The van der Waals surface area contributed by atoms with E-state index in [0.717, 1.165) is 25.9 Å². The predicted octanol–water partition coefficient (Wildman–Crippen LogP) is 2.43. The van der Waals surface area contributed by atoms with Gasteiger partial charge in [-0.25, -0.2) is 14.1 Å². The number of nitrogens with zero attached hydrogens (tertiary/aromatic N) is 3. The van der Waals surface area contributed by atoms with Gasteiger partial charge in [-0.2, -0.15) is 0 Å². The molecule has 1 atom stereocenters. The van der Waals surface area contributed by atoms with Gasteiger partial charge in [-0.15, -0.1) is 17.5 Å². The number of aromatic nitrogens is 3. The summed E-state index contributed by atoms with van der Waals surface area (Å²) in [5, 5.41) is 10.5. The zero-order valence-electron chi connectivity index (χ0n) is 14.3. The van der Waals surface area contributed by atoms with Gasteiger partial charge in [-0.05, 0) is 31.5 Å². The van der Waals surface area contributed by atoms with Gasteiger partial charge in [0.05, 0.1) is 0 Å². The third-order valence-electron chi connectivity index (χ3n) is 4.06. The fraction of sp³-hybridized carbons (Fsp3) is 0.471. The summed E-state index contributed by atoms with van der Waals surface area (Å²) in [6.07, 6.45) is 1.96. The van der Waals surface area contributed by atoms with Crippen molar-refractivity contribution in [1.29, 1.82) is 0 Å². The van der Waals surface area contributed by atoms with Crippen LogP contribution in [-0.4, -0.2) is 39.8 Å². The Kier molecular flexibility index (Phi) is 6.50. The molecule has 0 aliphatic carbocycles. The number of para-hydroxylation sites is 1. The molecule has 0 radical (unpaired) electrons. The van der Waals surface area contributed by atoms with Crippen molar-refractivity contribution in [3.8, 4) is 5.69 Å². The molecule has 1 aliphatic rings. The predicted molar refractivity (Wildman–Crippen MR) is 96.0 cm³/mol. The van der Waals surface area contributed by atoms with Crippen LogP contribution in [0.25, 0.3) is 5.69 Å². The lowest BCUT2D eigenvalue weighted by molar-refractivity contribution is 0.0920. The van der Waals surface area contributed by atoms with Crippen molar-refractivity contribution >= 4 is 18.3 Å². The Morgan fingerprint density at radius 2 is 2.16 bits per heavy atom. The minimum atomic E-state index is -0.396. The Morgan fingerprint density at radius 3 is 2.80 bits per heavy atom. The summed E-state index contributed by atoms with van der Waals surface area (Å²) in [4.78, 5) is 16.8. The molecule has 1 aliphatic heterocycles. The van der Waals surface area contributed by atoms with Gasteiger partial charge in [-0.1, -0.05) is 26.0 Å². The zero-order valence-corrected chi connectivity index (χ0v) is 15.1. The van der Waals surface area contributed by atoms with Crippen LogP contribution in [0.4, 0.5) is 4.39 Å². The lowest BCUT2D eigenvalue weighted by Gasteiger charge is -2.23. The van der Waals surface area contributed by atoms with E-state index in [0.29, 0.717) is 11.5 Å². The number of hydrogen-bond acceptors (Lipinski definition) is 4. The zero-order chi connectivity index (χ0) is 17.1. The van der Waals surface area contributed by atoms with E-state index in [1.807, 2.05) is 13.8 Å². The lowest BCUT2D eigenvalue weighted by atomic mass is 10.1. The molecular weight excluding hydrogens is 345 g/mol. The highest BCUT2D eigenvalue weighted by molar-refractivity contribution is 5.90. The number of nitrogens with one attached hydrogen (secondary N) is 2. The summed E-state index contributed by atoms with van der Waals surface area (Å²) < 4.78 is 15.5. The van der Waals surface area contributed by atoms with E-state index >= 15 is 0 Å². The Balaban J connectivity index is 0.00000225. The summed E-state index contributed by atoms with van der Waals surface area (Å²) >= 11 is 0. The first kappa shape index (κ1) is 19.3. The Morgan fingerprint density at radius 1 is 1.40 bits per heavy atom. The van der Waals surface area contributed by atoms with Gasteiger partial charge in [0.25, 0.3) is 5.91 Å². The highest BCUT2D eigenvalue weighted by Gasteiger charge is 2.23. The number of benzene rings is 1. The minimum Gasteiger partial charge on any atom is -0.345 e. The molecule has 0 bridgehead atoms. The van der Waals surface area contributed by atoms with Crippen LogP contribution in [0.1, 0.15) is 49.1 Å². The molecule has 6 nitrogen and oxygen atoms in total. The first-order valence-electron chi connectivity index (χ1n) is 8.29. The number of halogens is 2. The largest absolute Gasteiger partial charge is 0.345 e. The lowest BCUT2D eigenvalue weighted by Crippen LogP contribution is -2.45. The molecule has 1 aromatic carbocycles. The van der Waals surface area contributed by atoms with Crippen molar-refractivity contribution < 1.29 is 9.18 Å². The second-order valence-electron chi connectivity index (χ2n) is 6.33. The van der Waals surface area contributed by atoms with Crippen LogP contribution in [0.3, 0.4) is 0 Å². The summed E-state index contributed by atoms with van der Waals surface area (Å²) in [5.41, 5.74) is 0.298. The molecule has 25 heavy (non-hydrogen) atoms. The number of carbonyl (C=O) groups excluding carboxylic acids is 1. The van der Waals surface area contributed by atoms with E-state index in [9.17, 15) is 9.18 Å². The van der Waals surface area contributed by atoms with E-state index in [4.69, 9.17) is 0 Å². The molecule has 3 rings (SSSR count). The van der Waals surface area contributed by atoms with E-state index in [-0.39, 0.29) is 36.1 Å². The van der Waals surface area contributed by atoms with Crippen LogP contribution in [0.2, 0.25) is 0 Å². The van der Waals surface area contributed by atoms with Crippen LogP contribution in [0, 0.1) is 5.82 Å². The molecule has 1 aromatic heterocycles. The van der Waals surface area contributed by atoms with Gasteiger partial charge in [0.15, 0.2) is 0 Å². The third kappa shape index (κ3) is 4.35. The molecule has 1 saturated heterocycles. The quantitative estimate of drug-likeness (QED) is 0.870. The van der Waals surface area contributed by atoms with Crippen LogP contribution < -0.4 is 10.6 Å². The molecule has 136 valence electrons. The highest BCUT2D eigenvalue weighted by atomic mass is 35.5. The highest BCUT2D eigenvalue weighted by Crippen LogP contribution is 2.19. The number of amides is 1. The molecule has 8 heteroatoms. The molecule has 0 saturated carbocycles. The van der Waals surface area contributed by atoms with Gasteiger partial charge in [0.2, 0.25) is 5.82 Å². The number of piperidine rings is 1. The minimum absolute atomic E-state index is 0. The Hall–Kier alpha value is -1.99. The maximum atomic E-state index is 14.1. The Labute approximate surface area is 152 Å². The molecule has 2 aromatic rings. The summed E-state index contributed by atoms with van der Waals surface area (Å²) in [6, 6.07) is 6.43. The second-order valence-corrected chi connectivity index (χ2v) is 6.33. The molecule has 2 heterocycles.